The van der Waals surface area contributed by atoms with Crippen LogP contribution in [0.5, 0.6) is 0 Å². The fourth-order valence-electron chi connectivity index (χ4n) is 5.10. The van der Waals surface area contributed by atoms with Crippen LogP contribution in [0, 0.1) is 0 Å². The number of aliphatic imine (C=N–C) groups is 1. The lowest BCUT2D eigenvalue weighted by molar-refractivity contribution is -0.149. The molecule has 0 saturated carbocycles. The van der Waals surface area contributed by atoms with Crippen molar-refractivity contribution < 1.29 is 14.6 Å². The van der Waals surface area contributed by atoms with E-state index in [0.29, 0.717) is 29.1 Å². The van der Waals surface area contributed by atoms with Crippen LogP contribution in [-0.4, -0.2) is 26.8 Å². The Balaban J connectivity index is 1.59. The minimum Gasteiger partial charge on any atom is -0.460 e. The largest absolute Gasteiger partial charge is 0.460 e. The van der Waals surface area contributed by atoms with E-state index in [1.54, 1.807) is 11.5 Å². The first-order valence-electron chi connectivity index (χ1n) is 11.8. The van der Waals surface area contributed by atoms with Crippen molar-refractivity contribution in [3.05, 3.63) is 91.7 Å². The van der Waals surface area contributed by atoms with Crippen LogP contribution in [0.2, 0.25) is 0 Å². The maximum atomic E-state index is 13.7. The second-order valence-corrected chi connectivity index (χ2v) is 9.97. The number of rotatable bonds is 3. The van der Waals surface area contributed by atoms with E-state index in [2.05, 4.69) is 15.9 Å². The highest BCUT2D eigenvalue weighted by Crippen LogP contribution is 2.40. The number of carbonyl (C=O) groups is 1. The molecule has 2 aromatic heterocycles. The van der Waals surface area contributed by atoms with E-state index in [-0.39, 0.29) is 25.0 Å². The summed E-state index contributed by atoms with van der Waals surface area (Å²) in [4.78, 5) is 35.5. The highest BCUT2D eigenvalue weighted by Gasteiger charge is 2.39. The summed E-state index contributed by atoms with van der Waals surface area (Å²) in [7, 11) is 0. The van der Waals surface area contributed by atoms with Gasteiger partial charge in [0.15, 0.2) is 0 Å². The minimum absolute atomic E-state index is 0.155. The summed E-state index contributed by atoms with van der Waals surface area (Å²) in [6.45, 7) is 1.95. The molecule has 2 aliphatic rings. The SMILES string of the molecule is CCC1(O)CC(=O)OCc2c1cc1n(c2=O)Cc2c-1nc1ccccc1c2C=Nc1ccccc1Br. The van der Waals surface area contributed by atoms with Crippen molar-refractivity contribution >= 4 is 44.7 Å². The number of para-hydroxylation sites is 2. The molecule has 8 heteroatoms. The van der Waals surface area contributed by atoms with Gasteiger partial charge in [-0.2, -0.15) is 0 Å². The van der Waals surface area contributed by atoms with Crippen molar-refractivity contribution in [2.24, 2.45) is 4.99 Å². The highest BCUT2D eigenvalue weighted by atomic mass is 79.9. The molecule has 1 atom stereocenters. The van der Waals surface area contributed by atoms with Gasteiger partial charge in [0.25, 0.3) is 5.56 Å². The maximum absolute atomic E-state index is 13.7. The maximum Gasteiger partial charge on any atom is 0.309 e. The molecule has 2 aliphatic heterocycles. The van der Waals surface area contributed by atoms with Crippen molar-refractivity contribution in [1.82, 2.24) is 9.55 Å². The number of hydrogen-bond donors (Lipinski definition) is 1. The number of nitrogens with zero attached hydrogens (tertiary/aromatic N) is 3. The summed E-state index contributed by atoms with van der Waals surface area (Å²) in [5, 5.41) is 12.3. The van der Waals surface area contributed by atoms with Crippen molar-refractivity contribution in [1.29, 1.82) is 0 Å². The molecule has 0 aliphatic carbocycles. The summed E-state index contributed by atoms with van der Waals surface area (Å²) >= 11 is 3.55. The molecule has 4 heterocycles. The zero-order chi connectivity index (χ0) is 25.0. The number of hydrogen-bond acceptors (Lipinski definition) is 6. The van der Waals surface area contributed by atoms with E-state index in [9.17, 15) is 14.7 Å². The van der Waals surface area contributed by atoms with E-state index in [0.717, 1.165) is 32.2 Å². The van der Waals surface area contributed by atoms with Crippen molar-refractivity contribution in [2.75, 3.05) is 0 Å². The predicted octanol–water partition coefficient (Wildman–Crippen LogP) is 4.98. The lowest BCUT2D eigenvalue weighted by Gasteiger charge is -2.26. The molecule has 180 valence electrons. The molecule has 0 spiro atoms. The summed E-state index contributed by atoms with van der Waals surface area (Å²) in [6, 6.07) is 17.3. The predicted molar refractivity (Wildman–Crippen MR) is 141 cm³/mol. The Morgan fingerprint density at radius 1 is 1.17 bits per heavy atom. The van der Waals surface area contributed by atoms with Gasteiger partial charge in [-0.05, 0) is 52.2 Å². The van der Waals surface area contributed by atoms with E-state index in [1.165, 1.54) is 0 Å². The minimum atomic E-state index is -1.47. The number of ether oxygens (including phenoxy) is 1. The van der Waals surface area contributed by atoms with Gasteiger partial charge in [-0.3, -0.25) is 14.6 Å². The molecule has 2 aromatic carbocycles. The quantitative estimate of drug-likeness (QED) is 0.256. The molecule has 1 N–H and O–H groups in total. The van der Waals surface area contributed by atoms with Crippen molar-refractivity contribution in [3.8, 4) is 11.4 Å². The van der Waals surface area contributed by atoms with E-state index < -0.39 is 11.6 Å². The van der Waals surface area contributed by atoms with Crippen molar-refractivity contribution in [2.45, 2.75) is 38.5 Å². The van der Waals surface area contributed by atoms with Gasteiger partial charge in [0, 0.05) is 27.2 Å². The second-order valence-electron chi connectivity index (χ2n) is 9.12. The molecule has 1 unspecified atom stereocenters. The first-order chi connectivity index (χ1) is 17.4. The van der Waals surface area contributed by atoms with Crippen LogP contribution in [0.3, 0.4) is 0 Å². The molecular formula is C28H22BrN3O4. The van der Waals surface area contributed by atoms with E-state index in [1.807, 2.05) is 60.8 Å². The summed E-state index contributed by atoms with van der Waals surface area (Å²) in [5.74, 6) is -0.518. The third kappa shape index (κ3) is 3.51. The number of benzene rings is 2. The zero-order valence-electron chi connectivity index (χ0n) is 19.5. The molecular weight excluding hydrogens is 522 g/mol. The number of fused-ring (bicyclic) bond motifs is 5. The molecule has 0 bridgehead atoms. The van der Waals surface area contributed by atoms with Crippen LogP contribution in [0.25, 0.3) is 22.3 Å². The average molecular weight is 544 g/mol. The summed E-state index contributed by atoms with van der Waals surface area (Å²) in [6.07, 6.45) is 1.91. The first-order valence-corrected chi connectivity index (χ1v) is 12.5. The monoisotopic (exact) mass is 543 g/mol. The normalized spacial score (nSPS) is 18.6. The van der Waals surface area contributed by atoms with Gasteiger partial charge in [0.05, 0.1) is 41.1 Å². The second kappa shape index (κ2) is 8.50. The van der Waals surface area contributed by atoms with Crippen LogP contribution in [0.4, 0.5) is 5.69 Å². The molecule has 6 rings (SSSR count). The van der Waals surface area contributed by atoms with Gasteiger partial charge in [0.2, 0.25) is 0 Å². The van der Waals surface area contributed by atoms with Gasteiger partial charge >= 0.3 is 5.97 Å². The Morgan fingerprint density at radius 2 is 1.94 bits per heavy atom. The molecule has 36 heavy (non-hydrogen) atoms. The zero-order valence-corrected chi connectivity index (χ0v) is 21.1. The van der Waals surface area contributed by atoms with Crippen LogP contribution in [0.15, 0.2) is 68.9 Å². The lowest BCUT2D eigenvalue weighted by atomic mass is 9.85. The topological polar surface area (TPSA) is 93.8 Å². The van der Waals surface area contributed by atoms with Crippen LogP contribution >= 0.6 is 15.9 Å². The average Bonchev–Trinajstić information content (AvgIpc) is 3.18. The lowest BCUT2D eigenvalue weighted by Crippen LogP contribution is -2.32. The molecule has 0 fully saturated rings. The van der Waals surface area contributed by atoms with Gasteiger partial charge in [-0.15, -0.1) is 0 Å². The number of cyclic esters (lactones) is 1. The molecule has 0 radical (unpaired) electrons. The number of pyridine rings is 2. The van der Waals surface area contributed by atoms with Gasteiger partial charge in [-0.1, -0.05) is 37.3 Å². The summed E-state index contributed by atoms with van der Waals surface area (Å²) < 4.78 is 7.81. The van der Waals surface area contributed by atoms with Crippen LogP contribution in [-0.2, 0) is 28.3 Å². The number of carbonyl (C=O) groups excluding carboxylic acids is 1. The summed E-state index contributed by atoms with van der Waals surface area (Å²) in [5.41, 5.74) is 3.66. The highest BCUT2D eigenvalue weighted by molar-refractivity contribution is 9.10. The number of esters is 1. The van der Waals surface area contributed by atoms with E-state index in [4.69, 9.17) is 14.7 Å². The molecule has 7 nitrogen and oxygen atoms in total. The van der Waals surface area contributed by atoms with Gasteiger partial charge in [-0.25, -0.2) is 4.98 Å². The van der Waals surface area contributed by atoms with Crippen LogP contribution < -0.4 is 5.56 Å². The Labute approximate surface area is 215 Å². The molecule has 4 aromatic rings. The number of aromatic nitrogens is 2. The standard InChI is InChI=1S/C28H22BrN3O4/c1-2-28(35)12-25(33)36-15-19-20(28)11-24-26-18(14-32(24)27(19)34)17(16-7-3-5-9-22(16)31-26)13-30-23-10-6-4-8-21(23)29/h3-11,13,35H,2,12,14-15H2,1H3. The van der Waals surface area contributed by atoms with Gasteiger partial charge in [0.1, 0.15) is 12.2 Å². The first kappa shape index (κ1) is 22.8. The Hall–Kier alpha value is -3.62. The van der Waals surface area contributed by atoms with E-state index >= 15 is 0 Å². The number of halogens is 1. The smallest absolute Gasteiger partial charge is 0.309 e. The Morgan fingerprint density at radius 3 is 2.75 bits per heavy atom. The van der Waals surface area contributed by atoms with Gasteiger partial charge < -0.3 is 14.4 Å². The Kier molecular flexibility index (Phi) is 5.39. The van der Waals surface area contributed by atoms with Crippen molar-refractivity contribution in [3.63, 3.8) is 0 Å². The molecule has 0 saturated heterocycles. The fraction of sp³-hybridized carbons (Fsp3) is 0.214. The number of aliphatic hydroxyl groups is 1. The van der Waals surface area contributed by atoms with Crippen LogP contribution in [0.1, 0.15) is 42.0 Å². The third-order valence-electron chi connectivity index (χ3n) is 7.08. The fourth-order valence-corrected chi connectivity index (χ4v) is 5.48. The Bertz CT molecular complexity index is 1660. The molecule has 0 amide bonds. The third-order valence-corrected chi connectivity index (χ3v) is 7.75.